The van der Waals surface area contributed by atoms with Crippen molar-refractivity contribution >= 4 is 16.7 Å². The van der Waals surface area contributed by atoms with Crippen LogP contribution in [0.15, 0.2) is 18.5 Å². The summed E-state index contributed by atoms with van der Waals surface area (Å²) in [7, 11) is 1.95. The van der Waals surface area contributed by atoms with Gasteiger partial charge in [-0.2, -0.15) is 5.10 Å². The van der Waals surface area contributed by atoms with Gasteiger partial charge in [-0.1, -0.05) is 0 Å². The molecular formula is C16H23N5O. The van der Waals surface area contributed by atoms with E-state index in [9.17, 15) is 0 Å². The molecule has 0 aliphatic carbocycles. The maximum atomic E-state index is 5.49. The molecule has 0 N–H and O–H groups in total. The number of nitrogens with zero attached hydrogens (tertiary/aromatic N) is 5. The van der Waals surface area contributed by atoms with E-state index < -0.39 is 0 Å². The summed E-state index contributed by atoms with van der Waals surface area (Å²) in [6.07, 6.45) is 5.04. The molecule has 0 spiro atoms. The second kappa shape index (κ2) is 5.85. The Morgan fingerprint density at radius 2 is 2.14 bits per heavy atom. The van der Waals surface area contributed by atoms with E-state index in [0.717, 1.165) is 56.3 Å². The van der Waals surface area contributed by atoms with Crippen LogP contribution in [-0.4, -0.2) is 65.6 Å². The Morgan fingerprint density at radius 1 is 1.27 bits per heavy atom. The number of hydrogen-bond acceptors (Lipinski definition) is 5. The monoisotopic (exact) mass is 301 g/mol. The predicted octanol–water partition coefficient (Wildman–Crippen LogP) is 1.13. The minimum Gasteiger partial charge on any atom is -0.381 e. The van der Waals surface area contributed by atoms with Crippen LogP contribution in [0.3, 0.4) is 0 Å². The first kappa shape index (κ1) is 14.0. The van der Waals surface area contributed by atoms with E-state index in [2.05, 4.69) is 25.9 Å². The third-order valence-electron chi connectivity index (χ3n) is 4.87. The van der Waals surface area contributed by atoms with Gasteiger partial charge in [-0.3, -0.25) is 9.58 Å². The van der Waals surface area contributed by atoms with Crippen molar-refractivity contribution in [3.8, 4) is 0 Å². The summed E-state index contributed by atoms with van der Waals surface area (Å²) in [6, 6.07) is 2.12. The molecule has 2 saturated heterocycles. The molecule has 1 atom stereocenters. The SMILES string of the molecule is Cn1ncc2c(N3CCN(C[C@@H]4CCOC4)CC3)ccnc21. The van der Waals surface area contributed by atoms with E-state index in [1.165, 1.54) is 18.7 Å². The third-order valence-corrected chi connectivity index (χ3v) is 4.87. The Kier molecular flexibility index (Phi) is 3.72. The normalized spacial score (nSPS) is 23.5. The van der Waals surface area contributed by atoms with Gasteiger partial charge in [0, 0.05) is 52.6 Å². The van der Waals surface area contributed by atoms with Crippen molar-refractivity contribution in [3.05, 3.63) is 18.5 Å². The van der Waals surface area contributed by atoms with Crippen LogP contribution in [0, 0.1) is 5.92 Å². The van der Waals surface area contributed by atoms with E-state index in [-0.39, 0.29) is 0 Å². The second-order valence-electron chi connectivity index (χ2n) is 6.35. The van der Waals surface area contributed by atoms with Crippen LogP contribution in [0.2, 0.25) is 0 Å². The molecule has 0 amide bonds. The zero-order valence-corrected chi connectivity index (χ0v) is 13.1. The highest BCUT2D eigenvalue weighted by atomic mass is 16.5. The Labute approximate surface area is 130 Å². The van der Waals surface area contributed by atoms with Gasteiger partial charge in [0.1, 0.15) is 0 Å². The first-order chi connectivity index (χ1) is 10.8. The standard InChI is InChI=1S/C16H23N5O/c1-19-16-14(10-18-19)15(2-4-17-16)21-7-5-20(6-8-21)11-13-3-9-22-12-13/h2,4,10,13H,3,5-9,11-12H2,1H3/t13-/m0/s1. The topological polar surface area (TPSA) is 46.4 Å². The number of aryl methyl sites for hydroxylation is 1. The minimum absolute atomic E-state index is 0.734. The molecule has 2 aromatic heterocycles. The molecule has 4 heterocycles. The summed E-state index contributed by atoms with van der Waals surface area (Å²) < 4.78 is 7.33. The molecule has 0 aromatic carbocycles. The lowest BCUT2D eigenvalue weighted by atomic mass is 10.1. The van der Waals surface area contributed by atoms with Crippen molar-refractivity contribution < 1.29 is 4.74 Å². The molecular weight excluding hydrogens is 278 g/mol. The lowest BCUT2D eigenvalue weighted by Gasteiger charge is -2.37. The minimum atomic E-state index is 0.734. The lowest BCUT2D eigenvalue weighted by molar-refractivity contribution is 0.164. The van der Waals surface area contributed by atoms with Gasteiger partial charge in [0.15, 0.2) is 5.65 Å². The van der Waals surface area contributed by atoms with Gasteiger partial charge in [-0.25, -0.2) is 4.98 Å². The average molecular weight is 301 g/mol. The molecule has 2 aliphatic rings. The highest BCUT2D eigenvalue weighted by Gasteiger charge is 2.23. The highest BCUT2D eigenvalue weighted by molar-refractivity contribution is 5.89. The molecule has 6 heteroatoms. The van der Waals surface area contributed by atoms with E-state index in [4.69, 9.17) is 4.74 Å². The number of fused-ring (bicyclic) bond motifs is 1. The van der Waals surface area contributed by atoms with E-state index in [0.29, 0.717) is 0 Å². The molecule has 0 saturated carbocycles. The Morgan fingerprint density at radius 3 is 2.91 bits per heavy atom. The second-order valence-corrected chi connectivity index (χ2v) is 6.35. The molecule has 2 aliphatic heterocycles. The predicted molar refractivity (Wildman–Crippen MR) is 86.1 cm³/mol. The smallest absolute Gasteiger partial charge is 0.159 e. The largest absolute Gasteiger partial charge is 0.381 e. The quantitative estimate of drug-likeness (QED) is 0.850. The first-order valence-electron chi connectivity index (χ1n) is 8.13. The van der Waals surface area contributed by atoms with Crippen molar-refractivity contribution in [2.24, 2.45) is 13.0 Å². The Balaban J connectivity index is 1.44. The molecule has 4 rings (SSSR count). The van der Waals surface area contributed by atoms with Crippen LogP contribution in [0.25, 0.3) is 11.0 Å². The molecule has 0 radical (unpaired) electrons. The molecule has 0 unspecified atom stereocenters. The fourth-order valence-corrected chi connectivity index (χ4v) is 3.57. The summed E-state index contributed by atoms with van der Waals surface area (Å²) in [5.41, 5.74) is 2.23. The maximum Gasteiger partial charge on any atom is 0.159 e. The van der Waals surface area contributed by atoms with Crippen LogP contribution in [0.4, 0.5) is 5.69 Å². The third kappa shape index (κ3) is 2.57. The van der Waals surface area contributed by atoms with Crippen LogP contribution >= 0.6 is 0 Å². The van der Waals surface area contributed by atoms with Crippen molar-refractivity contribution in [3.63, 3.8) is 0 Å². The van der Waals surface area contributed by atoms with Gasteiger partial charge in [-0.05, 0) is 18.4 Å². The lowest BCUT2D eigenvalue weighted by Crippen LogP contribution is -2.48. The average Bonchev–Trinajstić information content (AvgIpc) is 3.18. The van der Waals surface area contributed by atoms with Crippen LogP contribution in [0.1, 0.15) is 6.42 Å². The summed E-state index contributed by atoms with van der Waals surface area (Å²) in [6.45, 7) is 7.47. The van der Waals surface area contributed by atoms with Crippen molar-refractivity contribution in [1.29, 1.82) is 0 Å². The molecule has 2 aromatic rings. The summed E-state index contributed by atoms with van der Waals surface area (Å²) in [5, 5.41) is 5.49. The zero-order valence-electron chi connectivity index (χ0n) is 13.1. The summed E-state index contributed by atoms with van der Waals surface area (Å²) >= 11 is 0. The van der Waals surface area contributed by atoms with Gasteiger partial charge in [0.25, 0.3) is 0 Å². The van der Waals surface area contributed by atoms with Crippen LogP contribution in [-0.2, 0) is 11.8 Å². The van der Waals surface area contributed by atoms with E-state index in [1.54, 1.807) is 0 Å². The molecule has 6 nitrogen and oxygen atoms in total. The van der Waals surface area contributed by atoms with Gasteiger partial charge >= 0.3 is 0 Å². The number of pyridine rings is 1. The number of piperazine rings is 1. The molecule has 22 heavy (non-hydrogen) atoms. The number of hydrogen-bond donors (Lipinski definition) is 0. The van der Waals surface area contributed by atoms with E-state index >= 15 is 0 Å². The Hall–Kier alpha value is -1.66. The van der Waals surface area contributed by atoms with Gasteiger partial charge in [0.2, 0.25) is 0 Å². The number of aromatic nitrogens is 3. The first-order valence-corrected chi connectivity index (χ1v) is 8.13. The number of anilines is 1. The van der Waals surface area contributed by atoms with Gasteiger partial charge in [-0.15, -0.1) is 0 Å². The molecule has 2 fully saturated rings. The Bertz CT molecular complexity index is 641. The van der Waals surface area contributed by atoms with Gasteiger partial charge < -0.3 is 9.64 Å². The van der Waals surface area contributed by atoms with Gasteiger partial charge in [0.05, 0.1) is 23.9 Å². The summed E-state index contributed by atoms with van der Waals surface area (Å²) in [4.78, 5) is 9.48. The van der Waals surface area contributed by atoms with Crippen molar-refractivity contribution in [2.45, 2.75) is 6.42 Å². The number of ether oxygens (including phenoxy) is 1. The fourth-order valence-electron chi connectivity index (χ4n) is 3.57. The zero-order chi connectivity index (χ0) is 14.9. The van der Waals surface area contributed by atoms with E-state index in [1.807, 2.05) is 24.1 Å². The van der Waals surface area contributed by atoms with Crippen molar-refractivity contribution in [2.75, 3.05) is 50.8 Å². The number of rotatable bonds is 3. The van der Waals surface area contributed by atoms with Crippen molar-refractivity contribution in [1.82, 2.24) is 19.7 Å². The molecule has 0 bridgehead atoms. The van der Waals surface area contributed by atoms with Crippen LogP contribution < -0.4 is 4.90 Å². The molecule has 118 valence electrons. The highest BCUT2D eigenvalue weighted by Crippen LogP contribution is 2.26. The maximum absolute atomic E-state index is 5.49. The van der Waals surface area contributed by atoms with Crippen LogP contribution in [0.5, 0.6) is 0 Å². The summed E-state index contributed by atoms with van der Waals surface area (Å²) in [5.74, 6) is 0.734. The fraction of sp³-hybridized carbons (Fsp3) is 0.625.